The number of pyridine rings is 1. The summed E-state index contributed by atoms with van der Waals surface area (Å²) in [6, 6.07) is 1.61. The number of aromatic nitrogens is 2. The molecule has 3 aromatic rings. The summed E-state index contributed by atoms with van der Waals surface area (Å²) in [5.74, 6) is -5.52. The number of anilines is 1. The van der Waals surface area contributed by atoms with E-state index in [1.165, 1.54) is 5.38 Å². The molecule has 25 heteroatoms. The molecule has 1 aliphatic heterocycles. The summed E-state index contributed by atoms with van der Waals surface area (Å²) < 4.78 is 62.1. The summed E-state index contributed by atoms with van der Waals surface area (Å²) in [5.41, 5.74) is 1.85. The normalized spacial score (nSPS) is 16.6. The number of nitrogen functional groups attached to an aromatic ring is 1. The Bertz CT molecular complexity index is 2200. The van der Waals surface area contributed by atoms with Crippen molar-refractivity contribution in [3.63, 3.8) is 0 Å². The van der Waals surface area contributed by atoms with E-state index in [1.807, 2.05) is 0 Å². The van der Waals surface area contributed by atoms with Crippen molar-refractivity contribution in [3.8, 4) is 5.75 Å². The first-order valence-electron chi connectivity index (χ1n) is 14.0. The molecule has 0 saturated carbocycles. The number of amides is 3. The van der Waals surface area contributed by atoms with E-state index in [2.05, 4.69) is 25.5 Å². The predicted octanol–water partition coefficient (Wildman–Crippen LogP) is -2.18. The quantitative estimate of drug-likeness (QED) is 0.0284. The third-order valence-electron chi connectivity index (χ3n) is 6.99. The molecule has 1 aromatic carbocycles. The Balaban J connectivity index is 1.48. The van der Waals surface area contributed by atoms with Crippen LogP contribution in [0.3, 0.4) is 0 Å². The van der Waals surface area contributed by atoms with Gasteiger partial charge in [-0.05, 0) is 38.1 Å². The highest BCUT2D eigenvalue weighted by Crippen LogP contribution is 2.25. The monoisotopic (exact) mass is 772 g/mol. The van der Waals surface area contributed by atoms with E-state index in [-0.39, 0.29) is 32.9 Å². The van der Waals surface area contributed by atoms with Crippen molar-refractivity contribution in [2.75, 3.05) is 12.3 Å². The standard InChI is InChI=1S/C26H28N8O14S3/c1-26(2,24(40)41)48-32-19(15-11-49-25(27)30-15)22(38)31-20-16(34(23(20)39)51(45,46)47)9-29-50(43,44)14-5-3-12(4-6-14)21(37)28-8-13-7-17(35)18(36)10-33(13)42/h3-7,10-11,16,20,29,36,42H,8-9H2,1-2H3,(H2,27,30)(H,28,37)(H,31,38)(H,40,41)(H,45,46,47)/t16-,20+/m1/s1. The number of aliphatic carboxylic acids is 1. The third-order valence-corrected chi connectivity index (χ3v) is 10.1. The number of sulfonamides is 1. The molecule has 22 nitrogen and oxygen atoms in total. The minimum absolute atomic E-state index is 0.0337. The molecular weight excluding hydrogens is 745 g/mol. The van der Waals surface area contributed by atoms with Crippen molar-refractivity contribution < 1.29 is 60.8 Å². The summed E-state index contributed by atoms with van der Waals surface area (Å²) in [5, 5.41) is 37.7. The molecule has 1 saturated heterocycles. The van der Waals surface area contributed by atoms with Crippen LogP contribution >= 0.6 is 11.3 Å². The summed E-state index contributed by atoms with van der Waals surface area (Å²) in [6.07, 6.45) is 0.729. The Morgan fingerprint density at radius 3 is 2.35 bits per heavy atom. The van der Waals surface area contributed by atoms with E-state index >= 15 is 0 Å². The fourth-order valence-corrected chi connectivity index (χ4v) is 6.67. The van der Waals surface area contributed by atoms with Gasteiger partial charge in [0.1, 0.15) is 11.7 Å². The summed E-state index contributed by atoms with van der Waals surface area (Å²) in [7, 11) is -9.76. The third kappa shape index (κ3) is 8.58. The minimum Gasteiger partial charge on any atom is -0.503 e. The summed E-state index contributed by atoms with van der Waals surface area (Å²) >= 11 is 0.867. The van der Waals surface area contributed by atoms with Crippen LogP contribution in [0, 0.1) is 0 Å². The van der Waals surface area contributed by atoms with E-state index in [9.17, 15) is 60.8 Å². The zero-order valence-corrected chi connectivity index (χ0v) is 28.5. The van der Waals surface area contributed by atoms with Crippen LogP contribution in [0.1, 0.15) is 35.6 Å². The van der Waals surface area contributed by atoms with E-state index in [0.717, 1.165) is 61.7 Å². The second-order valence-electron chi connectivity index (χ2n) is 11.0. The molecule has 51 heavy (non-hydrogen) atoms. The number of thiazole rings is 1. The number of carboxylic acids is 1. The second-order valence-corrected chi connectivity index (χ2v) is 14.9. The van der Waals surface area contributed by atoms with Crippen LogP contribution in [0.25, 0.3) is 0 Å². The van der Waals surface area contributed by atoms with Crippen LogP contribution in [0.2, 0.25) is 0 Å². The Morgan fingerprint density at radius 2 is 1.78 bits per heavy atom. The average Bonchev–Trinajstić information content (AvgIpc) is 3.47. The highest BCUT2D eigenvalue weighted by Gasteiger charge is 2.54. The zero-order chi connectivity index (χ0) is 38.1. The molecule has 9 N–H and O–H groups in total. The van der Waals surface area contributed by atoms with Crippen LogP contribution in [-0.2, 0) is 46.1 Å². The number of aromatic hydroxyl groups is 1. The molecule has 4 rings (SSSR count). The number of β-lactam (4-membered cyclic amide) rings is 1. The number of benzene rings is 1. The highest BCUT2D eigenvalue weighted by atomic mass is 32.2. The fourth-order valence-electron chi connectivity index (χ4n) is 4.19. The number of nitrogens with two attached hydrogens (primary N) is 1. The maximum atomic E-state index is 13.2. The van der Waals surface area contributed by atoms with Gasteiger partial charge in [0.15, 0.2) is 16.6 Å². The Morgan fingerprint density at radius 1 is 1.14 bits per heavy atom. The zero-order valence-electron chi connectivity index (χ0n) is 26.1. The number of carboxylic acid groups (broad SMARTS) is 1. The van der Waals surface area contributed by atoms with Crippen LogP contribution in [-0.4, -0.2) is 104 Å². The Labute approximate surface area is 291 Å². The van der Waals surface area contributed by atoms with Gasteiger partial charge in [0.05, 0.1) is 29.4 Å². The van der Waals surface area contributed by atoms with E-state index in [0.29, 0.717) is 4.73 Å². The molecule has 0 unspecified atom stereocenters. The molecule has 0 radical (unpaired) electrons. The van der Waals surface area contributed by atoms with Crippen molar-refractivity contribution in [2.45, 2.75) is 43.0 Å². The highest BCUT2D eigenvalue weighted by molar-refractivity contribution is 7.89. The molecule has 0 aliphatic carbocycles. The van der Waals surface area contributed by atoms with Gasteiger partial charge < -0.3 is 36.6 Å². The van der Waals surface area contributed by atoms with Crippen LogP contribution < -0.4 is 26.5 Å². The lowest BCUT2D eigenvalue weighted by Gasteiger charge is -2.44. The lowest BCUT2D eigenvalue weighted by Crippen LogP contribution is -2.74. The van der Waals surface area contributed by atoms with Gasteiger partial charge in [0, 0.05) is 23.6 Å². The minimum atomic E-state index is -5.26. The van der Waals surface area contributed by atoms with Gasteiger partial charge in [-0.1, -0.05) is 5.16 Å². The molecule has 3 heterocycles. The first-order valence-corrected chi connectivity index (χ1v) is 17.7. The van der Waals surface area contributed by atoms with Crippen molar-refractivity contribution in [3.05, 3.63) is 69.1 Å². The largest absolute Gasteiger partial charge is 0.503 e. The molecule has 1 fully saturated rings. The van der Waals surface area contributed by atoms with Crippen LogP contribution in [0.5, 0.6) is 5.75 Å². The van der Waals surface area contributed by atoms with E-state index < -0.39 is 90.0 Å². The average molecular weight is 773 g/mol. The topological polar surface area (TPSA) is 339 Å². The van der Waals surface area contributed by atoms with Gasteiger partial charge in [-0.15, -0.1) is 11.3 Å². The molecule has 1 aliphatic rings. The van der Waals surface area contributed by atoms with Crippen molar-refractivity contribution >= 4 is 66.2 Å². The predicted molar refractivity (Wildman–Crippen MR) is 172 cm³/mol. The number of nitrogens with one attached hydrogen (secondary N) is 3. The van der Waals surface area contributed by atoms with Crippen molar-refractivity contribution in [1.82, 2.24) is 29.4 Å². The molecule has 274 valence electrons. The van der Waals surface area contributed by atoms with Gasteiger partial charge in [0.2, 0.25) is 21.1 Å². The Hall–Kier alpha value is -5.63. The van der Waals surface area contributed by atoms with Crippen molar-refractivity contribution in [1.29, 1.82) is 0 Å². The maximum absolute atomic E-state index is 13.2. The smallest absolute Gasteiger partial charge is 0.362 e. The maximum Gasteiger partial charge on any atom is 0.362 e. The molecular formula is C26H28N8O14S3. The van der Waals surface area contributed by atoms with Gasteiger partial charge in [-0.25, -0.2) is 27.2 Å². The number of hydrogen-bond donors (Lipinski definition) is 8. The molecule has 3 amide bonds. The number of carbonyl (C=O) groups excluding carboxylic acids is 3. The van der Waals surface area contributed by atoms with Gasteiger partial charge >= 0.3 is 16.3 Å². The second kappa shape index (κ2) is 14.3. The number of nitrogens with zero attached hydrogens (tertiary/aromatic N) is 4. The van der Waals surface area contributed by atoms with E-state index in [1.54, 1.807) is 0 Å². The van der Waals surface area contributed by atoms with E-state index in [4.69, 9.17) is 10.6 Å². The van der Waals surface area contributed by atoms with Gasteiger partial charge in [-0.3, -0.25) is 23.7 Å². The van der Waals surface area contributed by atoms with Crippen LogP contribution in [0.4, 0.5) is 5.13 Å². The van der Waals surface area contributed by atoms with Gasteiger partial charge in [-0.2, -0.15) is 13.1 Å². The molecule has 0 bridgehead atoms. The Kier molecular flexibility index (Phi) is 10.7. The van der Waals surface area contributed by atoms with Gasteiger partial charge in [0.25, 0.3) is 17.7 Å². The first kappa shape index (κ1) is 38.2. The summed E-state index contributed by atoms with van der Waals surface area (Å²) in [6.45, 7) is 0.997. The first-order chi connectivity index (χ1) is 23.6. The number of oxime groups is 1. The number of hydrogen-bond acceptors (Lipinski definition) is 16. The lowest BCUT2D eigenvalue weighted by molar-refractivity contribution is -0.161. The molecule has 2 aromatic heterocycles. The number of rotatable bonds is 14. The molecule has 0 spiro atoms. The van der Waals surface area contributed by atoms with Crippen molar-refractivity contribution in [2.24, 2.45) is 5.16 Å². The number of carbonyl (C=O) groups is 4. The van der Waals surface area contributed by atoms with Crippen LogP contribution in [0.15, 0.2) is 56.8 Å². The SMILES string of the molecule is CC(C)(ON=C(C(=O)N[C@@H]1C(=O)N(S(=O)(=O)O)[C@@H]1CNS(=O)(=O)c1ccc(C(=O)NCc2cc(=O)c(O)cn2O)cc1)c1csc(N)n1)C(=O)O. The molecule has 2 atom stereocenters. The summed E-state index contributed by atoms with van der Waals surface area (Å²) in [4.78, 5) is 70.0. The lowest BCUT2D eigenvalue weighted by atomic mass is 9.98. The fraction of sp³-hybridized carbons (Fsp3) is 0.269.